The number of rotatable bonds is 7. The predicted molar refractivity (Wildman–Crippen MR) is 89.0 cm³/mol. The number of Topliss-reactive ketones (excluding diaryl/α,β-unsaturated/α-hetero) is 1. The molecule has 0 spiro atoms. The fourth-order valence-corrected chi connectivity index (χ4v) is 2.89. The molecule has 0 amide bonds. The normalized spacial score (nSPS) is 20.3. The van der Waals surface area contributed by atoms with E-state index in [9.17, 15) is 14.4 Å². The summed E-state index contributed by atoms with van der Waals surface area (Å²) in [5.74, 6) is -1.06. The van der Waals surface area contributed by atoms with Crippen LogP contribution in [0, 0.1) is 5.41 Å². The Bertz CT molecular complexity index is 620. The van der Waals surface area contributed by atoms with Crippen LogP contribution in [0.5, 0.6) is 0 Å². The SMILES string of the molecule is CC(=O)OCCC1(C(=O)OCC=Cc2ccccc2)CCCC1=O. The maximum atomic E-state index is 12.4. The third-order valence-electron chi connectivity index (χ3n) is 4.19. The third kappa shape index (κ3) is 4.54. The van der Waals surface area contributed by atoms with Crippen LogP contribution in [-0.4, -0.2) is 30.9 Å². The Balaban J connectivity index is 1.92. The van der Waals surface area contributed by atoms with Crippen LogP contribution in [0.1, 0.15) is 38.2 Å². The lowest BCUT2D eigenvalue weighted by Gasteiger charge is -2.24. The molecule has 1 aliphatic rings. The Labute approximate surface area is 141 Å². The standard InChI is InChI=1S/C19H22O5/c1-15(20)23-14-12-19(11-5-10-17(19)21)18(22)24-13-6-9-16-7-3-2-4-8-16/h2-4,6-9H,5,10-14H2,1H3. The van der Waals surface area contributed by atoms with E-state index in [1.807, 2.05) is 36.4 Å². The van der Waals surface area contributed by atoms with Crippen molar-refractivity contribution in [2.75, 3.05) is 13.2 Å². The van der Waals surface area contributed by atoms with E-state index >= 15 is 0 Å². The molecule has 0 heterocycles. The monoisotopic (exact) mass is 330 g/mol. The topological polar surface area (TPSA) is 69.7 Å². The van der Waals surface area contributed by atoms with Gasteiger partial charge in [-0.05, 0) is 24.5 Å². The Morgan fingerprint density at radius 1 is 1.21 bits per heavy atom. The van der Waals surface area contributed by atoms with Crippen molar-refractivity contribution in [2.24, 2.45) is 5.41 Å². The summed E-state index contributed by atoms with van der Waals surface area (Å²) in [5.41, 5.74) is -0.147. The second kappa shape index (κ2) is 8.43. The van der Waals surface area contributed by atoms with Gasteiger partial charge in [0, 0.05) is 19.8 Å². The van der Waals surface area contributed by atoms with Gasteiger partial charge in [0.05, 0.1) is 6.61 Å². The Hall–Kier alpha value is -2.43. The van der Waals surface area contributed by atoms with E-state index in [4.69, 9.17) is 9.47 Å². The average Bonchev–Trinajstić information content (AvgIpc) is 2.94. The van der Waals surface area contributed by atoms with Crippen molar-refractivity contribution in [1.82, 2.24) is 0 Å². The van der Waals surface area contributed by atoms with Crippen LogP contribution in [0.15, 0.2) is 36.4 Å². The summed E-state index contributed by atoms with van der Waals surface area (Å²) in [5, 5.41) is 0. The van der Waals surface area contributed by atoms with Gasteiger partial charge in [-0.2, -0.15) is 0 Å². The molecule has 24 heavy (non-hydrogen) atoms. The number of carbonyl (C=O) groups excluding carboxylic acids is 3. The first-order valence-corrected chi connectivity index (χ1v) is 8.10. The second-order valence-corrected chi connectivity index (χ2v) is 5.86. The molecule has 1 unspecified atom stereocenters. The van der Waals surface area contributed by atoms with E-state index in [-0.39, 0.29) is 25.4 Å². The van der Waals surface area contributed by atoms with Gasteiger partial charge in [-0.3, -0.25) is 14.4 Å². The Kier molecular flexibility index (Phi) is 6.29. The largest absolute Gasteiger partial charge is 0.466 e. The minimum Gasteiger partial charge on any atom is -0.466 e. The summed E-state index contributed by atoms with van der Waals surface area (Å²) in [7, 11) is 0. The average molecular weight is 330 g/mol. The number of carbonyl (C=O) groups is 3. The summed E-state index contributed by atoms with van der Waals surface area (Å²) in [4.78, 5) is 35.5. The molecule has 5 heteroatoms. The molecule has 128 valence electrons. The summed E-state index contributed by atoms with van der Waals surface area (Å²) in [6, 6.07) is 9.66. The molecule has 0 bridgehead atoms. The first-order chi connectivity index (χ1) is 11.5. The van der Waals surface area contributed by atoms with Crippen LogP contribution in [-0.2, 0) is 23.9 Å². The molecular formula is C19H22O5. The van der Waals surface area contributed by atoms with Gasteiger partial charge in [-0.15, -0.1) is 0 Å². The molecule has 1 aliphatic carbocycles. The van der Waals surface area contributed by atoms with Crippen LogP contribution in [0.3, 0.4) is 0 Å². The lowest BCUT2D eigenvalue weighted by atomic mass is 9.82. The highest BCUT2D eigenvalue weighted by Crippen LogP contribution is 2.39. The van der Waals surface area contributed by atoms with Crippen LogP contribution >= 0.6 is 0 Å². The smallest absolute Gasteiger partial charge is 0.320 e. The fraction of sp³-hybridized carbons (Fsp3) is 0.421. The van der Waals surface area contributed by atoms with Crippen molar-refractivity contribution in [3.05, 3.63) is 42.0 Å². The zero-order valence-electron chi connectivity index (χ0n) is 13.8. The highest BCUT2D eigenvalue weighted by molar-refractivity contribution is 6.05. The van der Waals surface area contributed by atoms with Gasteiger partial charge in [0.15, 0.2) is 0 Å². The molecule has 0 aliphatic heterocycles. The van der Waals surface area contributed by atoms with E-state index in [0.717, 1.165) is 5.56 Å². The summed E-state index contributed by atoms with van der Waals surface area (Å²) >= 11 is 0. The maximum Gasteiger partial charge on any atom is 0.320 e. The van der Waals surface area contributed by atoms with E-state index in [1.54, 1.807) is 6.08 Å². The van der Waals surface area contributed by atoms with Gasteiger partial charge in [-0.1, -0.05) is 36.4 Å². The van der Waals surface area contributed by atoms with Crippen LogP contribution in [0.4, 0.5) is 0 Å². The van der Waals surface area contributed by atoms with Gasteiger partial charge in [0.2, 0.25) is 0 Å². The minimum absolute atomic E-state index is 0.0516. The van der Waals surface area contributed by atoms with Crippen molar-refractivity contribution in [3.63, 3.8) is 0 Å². The fourth-order valence-electron chi connectivity index (χ4n) is 2.89. The van der Waals surface area contributed by atoms with E-state index in [2.05, 4.69) is 0 Å². The number of benzene rings is 1. The summed E-state index contributed by atoms with van der Waals surface area (Å²) in [6.07, 6.45) is 5.27. The highest BCUT2D eigenvalue weighted by Gasteiger charge is 2.49. The Morgan fingerprint density at radius 2 is 1.96 bits per heavy atom. The molecule has 1 saturated carbocycles. The third-order valence-corrected chi connectivity index (χ3v) is 4.19. The molecule has 5 nitrogen and oxygen atoms in total. The summed E-state index contributed by atoms with van der Waals surface area (Å²) < 4.78 is 10.2. The Morgan fingerprint density at radius 3 is 2.58 bits per heavy atom. The van der Waals surface area contributed by atoms with Crippen LogP contribution in [0.25, 0.3) is 6.08 Å². The number of ketones is 1. The quantitative estimate of drug-likeness (QED) is 0.568. The molecule has 1 fully saturated rings. The molecule has 2 rings (SSSR count). The van der Waals surface area contributed by atoms with E-state index in [1.165, 1.54) is 6.92 Å². The molecule has 0 N–H and O–H groups in total. The highest BCUT2D eigenvalue weighted by atomic mass is 16.5. The minimum atomic E-state index is -1.16. The molecule has 0 radical (unpaired) electrons. The van der Waals surface area contributed by atoms with Gasteiger partial charge >= 0.3 is 11.9 Å². The lowest BCUT2D eigenvalue weighted by molar-refractivity contribution is -0.161. The lowest BCUT2D eigenvalue weighted by Crippen LogP contribution is -2.38. The molecule has 1 aromatic carbocycles. The number of hydrogen-bond acceptors (Lipinski definition) is 5. The van der Waals surface area contributed by atoms with Crippen molar-refractivity contribution in [2.45, 2.75) is 32.6 Å². The van der Waals surface area contributed by atoms with Gasteiger partial charge in [0.1, 0.15) is 17.8 Å². The zero-order valence-corrected chi connectivity index (χ0v) is 13.8. The van der Waals surface area contributed by atoms with Gasteiger partial charge in [-0.25, -0.2) is 0 Å². The molecular weight excluding hydrogens is 308 g/mol. The van der Waals surface area contributed by atoms with Crippen molar-refractivity contribution in [3.8, 4) is 0 Å². The van der Waals surface area contributed by atoms with Crippen LogP contribution < -0.4 is 0 Å². The molecule has 1 atom stereocenters. The first-order valence-electron chi connectivity index (χ1n) is 8.10. The number of hydrogen-bond donors (Lipinski definition) is 0. The first kappa shape index (κ1) is 17.9. The maximum absolute atomic E-state index is 12.4. The number of esters is 2. The van der Waals surface area contributed by atoms with Gasteiger partial charge < -0.3 is 9.47 Å². The number of ether oxygens (including phenoxy) is 2. The van der Waals surface area contributed by atoms with Gasteiger partial charge in [0.25, 0.3) is 0 Å². The molecule has 0 aromatic heterocycles. The van der Waals surface area contributed by atoms with E-state index < -0.39 is 17.4 Å². The van der Waals surface area contributed by atoms with Crippen LogP contribution in [0.2, 0.25) is 0 Å². The molecule has 1 aromatic rings. The predicted octanol–water partition coefficient (Wildman–Crippen LogP) is 2.94. The molecule has 0 saturated heterocycles. The van der Waals surface area contributed by atoms with Crippen molar-refractivity contribution in [1.29, 1.82) is 0 Å². The van der Waals surface area contributed by atoms with Crippen molar-refractivity contribution >= 4 is 23.8 Å². The second-order valence-electron chi connectivity index (χ2n) is 5.86. The van der Waals surface area contributed by atoms with E-state index in [0.29, 0.717) is 19.3 Å². The summed E-state index contributed by atoms with van der Waals surface area (Å²) in [6.45, 7) is 1.46. The zero-order chi connectivity index (χ0) is 17.4. The van der Waals surface area contributed by atoms with Crippen molar-refractivity contribution < 1.29 is 23.9 Å².